The summed E-state index contributed by atoms with van der Waals surface area (Å²) in [5.74, 6) is 0.384. The summed E-state index contributed by atoms with van der Waals surface area (Å²) in [5.41, 5.74) is 8.07. The fourth-order valence-electron chi connectivity index (χ4n) is 2.87. The number of amides is 1. The van der Waals surface area contributed by atoms with Gasteiger partial charge in [-0.05, 0) is 50.1 Å². The second kappa shape index (κ2) is 7.44. The topological polar surface area (TPSA) is 55.6 Å². The molecule has 0 atom stereocenters. The van der Waals surface area contributed by atoms with Crippen molar-refractivity contribution in [1.29, 1.82) is 0 Å². The lowest BCUT2D eigenvalue weighted by atomic mass is 10.1. The van der Waals surface area contributed by atoms with Crippen molar-refractivity contribution in [3.05, 3.63) is 64.8 Å². The molecule has 0 radical (unpaired) electrons. The number of carbonyl (C=O) groups excluding carboxylic acids is 1. The zero-order chi connectivity index (χ0) is 18.7. The van der Waals surface area contributed by atoms with Crippen LogP contribution in [0.2, 0.25) is 0 Å². The van der Waals surface area contributed by atoms with Crippen molar-refractivity contribution in [2.24, 2.45) is 12.1 Å². The van der Waals surface area contributed by atoms with Crippen molar-refractivity contribution < 1.29 is 9.53 Å². The van der Waals surface area contributed by atoms with Gasteiger partial charge in [-0.25, -0.2) is 5.43 Å². The zero-order valence-corrected chi connectivity index (χ0v) is 15.5. The fourth-order valence-corrected chi connectivity index (χ4v) is 2.87. The molecule has 5 nitrogen and oxygen atoms in total. The number of aryl methyl sites for hydroxylation is 3. The lowest BCUT2D eigenvalue weighted by Crippen LogP contribution is -2.24. The highest BCUT2D eigenvalue weighted by Gasteiger charge is 2.09. The standard InChI is InChI=1S/C21H23N3O2/c1-14-9-10-17(11-15(14)2)26-13-21(25)23-22-12-19-16(3)24(4)20-8-6-5-7-18(19)20/h5-12H,13H2,1-4H3,(H,23,25)/b22-12-. The van der Waals surface area contributed by atoms with Crippen LogP contribution in [0.15, 0.2) is 47.6 Å². The average molecular weight is 349 g/mol. The van der Waals surface area contributed by atoms with E-state index < -0.39 is 0 Å². The molecule has 1 aromatic heterocycles. The van der Waals surface area contributed by atoms with Gasteiger partial charge >= 0.3 is 0 Å². The molecule has 3 rings (SSSR count). The minimum Gasteiger partial charge on any atom is -0.484 e. The average Bonchev–Trinajstić information content (AvgIpc) is 2.88. The molecule has 0 aliphatic rings. The van der Waals surface area contributed by atoms with Crippen LogP contribution in [0.5, 0.6) is 5.75 Å². The minimum absolute atomic E-state index is 0.0750. The molecular weight excluding hydrogens is 326 g/mol. The third kappa shape index (κ3) is 3.61. The van der Waals surface area contributed by atoms with Gasteiger partial charge in [-0.15, -0.1) is 0 Å². The first-order valence-electron chi connectivity index (χ1n) is 8.53. The highest BCUT2D eigenvalue weighted by atomic mass is 16.5. The Labute approximate surface area is 153 Å². The Morgan fingerprint density at radius 1 is 1.15 bits per heavy atom. The molecule has 134 valence electrons. The lowest BCUT2D eigenvalue weighted by molar-refractivity contribution is -0.123. The molecule has 2 aromatic carbocycles. The van der Waals surface area contributed by atoms with Crippen LogP contribution >= 0.6 is 0 Å². The normalized spacial score (nSPS) is 11.2. The van der Waals surface area contributed by atoms with Crippen LogP contribution in [0.25, 0.3) is 10.9 Å². The van der Waals surface area contributed by atoms with E-state index in [0.29, 0.717) is 5.75 Å². The highest BCUT2D eigenvalue weighted by Crippen LogP contribution is 2.23. The summed E-state index contributed by atoms with van der Waals surface area (Å²) in [6.45, 7) is 6.01. The molecule has 0 bridgehead atoms. The Balaban J connectivity index is 1.63. The molecule has 0 aliphatic heterocycles. The summed E-state index contributed by atoms with van der Waals surface area (Å²) in [4.78, 5) is 12.0. The van der Waals surface area contributed by atoms with E-state index in [1.807, 2.05) is 64.2 Å². The van der Waals surface area contributed by atoms with E-state index in [0.717, 1.165) is 27.7 Å². The molecule has 0 aliphatic carbocycles. The maximum atomic E-state index is 12.0. The molecule has 0 spiro atoms. The van der Waals surface area contributed by atoms with Crippen molar-refractivity contribution in [3.63, 3.8) is 0 Å². The number of nitrogens with one attached hydrogen (secondary N) is 1. The maximum Gasteiger partial charge on any atom is 0.277 e. The molecule has 1 N–H and O–H groups in total. The van der Waals surface area contributed by atoms with E-state index in [9.17, 15) is 4.79 Å². The van der Waals surface area contributed by atoms with Crippen molar-refractivity contribution >= 4 is 23.0 Å². The van der Waals surface area contributed by atoms with E-state index in [-0.39, 0.29) is 12.5 Å². The number of rotatable bonds is 5. The van der Waals surface area contributed by atoms with Crippen LogP contribution in [0.1, 0.15) is 22.4 Å². The number of para-hydroxylation sites is 1. The zero-order valence-electron chi connectivity index (χ0n) is 15.5. The Morgan fingerprint density at radius 2 is 1.92 bits per heavy atom. The van der Waals surface area contributed by atoms with Crippen molar-refractivity contribution in [2.45, 2.75) is 20.8 Å². The SMILES string of the molecule is Cc1ccc(OCC(=O)N/N=C\c2c(C)n(C)c3ccccc23)cc1C. The van der Waals surface area contributed by atoms with Gasteiger partial charge in [0.1, 0.15) is 5.75 Å². The molecule has 0 unspecified atom stereocenters. The maximum absolute atomic E-state index is 12.0. The van der Waals surface area contributed by atoms with Crippen LogP contribution in [0.4, 0.5) is 0 Å². The van der Waals surface area contributed by atoms with Gasteiger partial charge in [-0.2, -0.15) is 5.10 Å². The Bertz CT molecular complexity index is 986. The molecule has 3 aromatic rings. The summed E-state index contributed by atoms with van der Waals surface area (Å²) in [6.07, 6.45) is 1.69. The third-order valence-electron chi connectivity index (χ3n) is 4.68. The predicted molar refractivity (Wildman–Crippen MR) is 105 cm³/mol. The van der Waals surface area contributed by atoms with Gasteiger partial charge in [0.15, 0.2) is 6.61 Å². The number of fused-ring (bicyclic) bond motifs is 1. The first kappa shape index (κ1) is 17.7. The highest BCUT2D eigenvalue weighted by molar-refractivity contribution is 6.01. The fraction of sp³-hybridized carbons (Fsp3) is 0.238. The van der Waals surface area contributed by atoms with Crippen LogP contribution in [-0.4, -0.2) is 23.3 Å². The van der Waals surface area contributed by atoms with E-state index >= 15 is 0 Å². The number of benzene rings is 2. The number of hydrogen-bond donors (Lipinski definition) is 1. The summed E-state index contributed by atoms with van der Waals surface area (Å²) in [6, 6.07) is 13.9. The molecule has 0 saturated heterocycles. The lowest BCUT2D eigenvalue weighted by Gasteiger charge is -2.07. The number of aromatic nitrogens is 1. The van der Waals surface area contributed by atoms with E-state index in [1.165, 1.54) is 5.56 Å². The van der Waals surface area contributed by atoms with E-state index in [1.54, 1.807) is 6.21 Å². The summed E-state index contributed by atoms with van der Waals surface area (Å²) in [5, 5.41) is 5.20. The van der Waals surface area contributed by atoms with Crippen LogP contribution < -0.4 is 10.2 Å². The van der Waals surface area contributed by atoms with E-state index in [4.69, 9.17) is 4.74 Å². The summed E-state index contributed by atoms with van der Waals surface area (Å²) < 4.78 is 7.63. The Hall–Kier alpha value is -3.08. The molecule has 5 heteroatoms. The first-order valence-corrected chi connectivity index (χ1v) is 8.53. The quantitative estimate of drug-likeness (QED) is 0.565. The van der Waals surface area contributed by atoms with Crippen molar-refractivity contribution in [1.82, 2.24) is 9.99 Å². The van der Waals surface area contributed by atoms with Crippen molar-refractivity contribution in [3.8, 4) is 5.75 Å². The number of carbonyl (C=O) groups is 1. The number of ether oxygens (including phenoxy) is 1. The molecule has 26 heavy (non-hydrogen) atoms. The van der Waals surface area contributed by atoms with Crippen LogP contribution in [0.3, 0.4) is 0 Å². The Kier molecular flexibility index (Phi) is 5.07. The Morgan fingerprint density at radius 3 is 2.69 bits per heavy atom. The second-order valence-corrected chi connectivity index (χ2v) is 6.40. The number of hydrogen-bond acceptors (Lipinski definition) is 3. The minimum atomic E-state index is -0.294. The second-order valence-electron chi connectivity index (χ2n) is 6.40. The van der Waals surface area contributed by atoms with Gasteiger partial charge in [-0.1, -0.05) is 24.3 Å². The van der Waals surface area contributed by atoms with Gasteiger partial charge in [-0.3, -0.25) is 4.79 Å². The molecule has 1 amide bonds. The predicted octanol–water partition coefficient (Wildman–Crippen LogP) is 3.63. The largest absolute Gasteiger partial charge is 0.484 e. The van der Waals surface area contributed by atoms with Gasteiger partial charge in [0, 0.05) is 29.2 Å². The molecular formula is C21H23N3O2. The molecule has 0 fully saturated rings. The van der Waals surface area contributed by atoms with Crippen LogP contribution in [-0.2, 0) is 11.8 Å². The summed E-state index contributed by atoms with van der Waals surface area (Å²) in [7, 11) is 2.02. The molecule has 0 saturated carbocycles. The number of hydrazone groups is 1. The summed E-state index contributed by atoms with van der Waals surface area (Å²) >= 11 is 0. The smallest absolute Gasteiger partial charge is 0.277 e. The van der Waals surface area contributed by atoms with E-state index in [2.05, 4.69) is 21.2 Å². The van der Waals surface area contributed by atoms with Crippen LogP contribution in [0, 0.1) is 20.8 Å². The van der Waals surface area contributed by atoms with Gasteiger partial charge in [0.25, 0.3) is 5.91 Å². The first-order chi connectivity index (χ1) is 12.5. The van der Waals surface area contributed by atoms with Crippen molar-refractivity contribution in [2.75, 3.05) is 6.61 Å². The van der Waals surface area contributed by atoms with Gasteiger partial charge < -0.3 is 9.30 Å². The number of nitrogens with zero attached hydrogens (tertiary/aromatic N) is 2. The van der Waals surface area contributed by atoms with Gasteiger partial charge in [0.2, 0.25) is 0 Å². The van der Waals surface area contributed by atoms with Gasteiger partial charge in [0.05, 0.1) is 6.21 Å². The molecule has 1 heterocycles. The third-order valence-corrected chi connectivity index (χ3v) is 4.68. The monoisotopic (exact) mass is 349 g/mol.